The molecule has 0 aliphatic heterocycles. The Balaban J connectivity index is 2.03. The van der Waals surface area contributed by atoms with Gasteiger partial charge in [0.05, 0.1) is 0 Å². The maximum Gasteiger partial charge on any atom is 0.119 e. The summed E-state index contributed by atoms with van der Waals surface area (Å²) < 4.78 is 0. The lowest BCUT2D eigenvalue weighted by molar-refractivity contribution is 0.308. The van der Waals surface area contributed by atoms with Crippen LogP contribution in [0.2, 0.25) is 0 Å². The van der Waals surface area contributed by atoms with Crippen molar-refractivity contribution in [2.45, 2.75) is 57.8 Å². The predicted octanol–water partition coefficient (Wildman–Crippen LogP) is 5.19. The first-order valence-electron chi connectivity index (χ1n) is 7.67. The van der Waals surface area contributed by atoms with Gasteiger partial charge in [-0.05, 0) is 61.1 Å². The fourth-order valence-electron chi connectivity index (χ4n) is 3.37. The highest BCUT2D eigenvalue weighted by Crippen LogP contribution is 2.38. The van der Waals surface area contributed by atoms with Crippen molar-refractivity contribution in [3.8, 4) is 5.75 Å². The second-order valence-electron chi connectivity index (χ2n) is 5.89. The highest BCUT2D eigenvalue weighted by Gasteiger charge is 2.22. The molecular formula is C18H26O. The second-order valence-corrected chi connectivity index (χ2v) is 5.89. The van der Waals surface area contributed by atoms with Crippen LogP contribution in [-0.2, 0) is 6.42 Å². The lowest BCUT2D eigenvalue weighted by Crippen LogP contribution is -2.13. The molecule has 1 N–H and O–H groups in total. The molecule has 0 unspecified atom stereocenters. The first kappa shape index (κ1) is 14.2. The minimum absolute atomic E-state index is 0.406. The van der Waals surface area contributed by atoms with Gasteiger partial charge in [0.15, 0.2) is 0 Å². The molecule has 1 aliphatic rings. The van der Waals surface area contributed by atoms with Crippen molar-refractivity contribution in [3.05, 3.63) is 42.0 Å². The van der Waals surface area contributed by atoms with Gasteiger partial charge >= 0.3 is 0 Å². The van der Waals surface area contributed by atoms with Crippen molar-refractivity contribution in [3.63, 3.8) is 0 Å². The van der Waals surface area contributed by atoms with Gasteiger partial charge in [-0.15, -0.1) is 6.58 Å². The Morgan fingerprint density at radius 1 is 1.26 bits per heavy atom. The molecule has 1 aromatic carbocycles. The van der Waals surface area contributed by atoms with E-state index in [4.69, 9.17) is 0 Å². The van der Waals surface area contributed by atoms with Gasteiger partial charge in [-0.1, -0.05) is 38.0 Å². The maximum atomic E-state index is 9.83. The number of aromatic hydroxyl groups is 1. The molecule has 104 valence electrons. The summed E-state index contributed by atoms with van der Waals surface area (Å²) in [6.45, 7) is 6.04. The van der Waals surface area contributed by atoms with Gasteiger partial charge in [-0.3, -0.25) is 0 Å². The molecule has 19 heavy (non-hydrogen) atoms. The van der Waals surface area contributed by atoms with Crippen molar-refractivity contribution >= 4 is 0 Å². The van der Waals surface area contributed by atoms with Crippen LogP contribution in [0.1, 0.15) is 62.5 Å². The first-order chi connectivity index (χ1) is 9.24. The third-order valence-corrected chi connectivity index (χ3v) is 4.48. The van der Waals surface area contributed by atoms with E-state index in [1.54, 1.807) is 0 Å². The number of allylic oxidation sites excluding steroid dienone is 1. The summed E-state index contributed by atoms with van der Waals surface area (Å²) in [5.74, 6) is 2.05. The van der Waals surface area contributed by atoms with Gasteiger partial charge < -0.3 is 5.11 Å². The van der Waals surface area contributed by atoms with Gasteiger partial charge in [0.1, 0.15) is 5.75 Å². The molecule has 1 aliphatic carbocycles. The Kier molecular flexibility index (Phi) is 5.07. The SMILES string of the molecule is C=CCc1cc(C2CCC(CCC)CC2)ccc1O. The molecule has 0 heterocycles. The molecule has 0 amide bonds. The third kappa shape index (κ3) is 3.62. The molecule has 0 bridgehead atoms. The van der Waals surface area contributed by atoms with Crippen molar-refractivity contribution in [2.75, 3.05) is 0 Å². The number of hydrogen-bond acceptors (Lipinski definition) is 1. The molecule has 0 spiro atoms. The molecule has 0 atom stereocenters. The molecular weight excluding hydrogens is 232 g/mol. The summed E-state index contributed by atoms with van der Waals surface area (Å²) in [4.78, 5) is 0. The second kappa shape index (κ2) is 6.79. The van der Waals surface area contributed by atoms with E-state index in [2.05, 4.69) is 25.6 Å². The Bertz CT molecular complexity index is 414. The van der Waals surface area contributed by atoms with Crippen LogP contribution in [0.5, 0.6) is 5.75 Å². The van der Waals surface area contributed by atoms with Crippen molar-refractivity contribution in [1.29, 1.82) is 0 Å². The molecule has 0 saturated heterocycles. The molecule has 1 fully saturated rings. The number of benzene rings is 1. The van der Waals surface area contributed by atoms with Gasteiger partial charge in [0, 0.05) is 0 Å². The van der Waals surface area contributed by atoms with Crippen LogP contribution in [0.4, 0.5) is 0 Å². The molecule has 1 heteroatoms. The summed E-state index contributed by atoms with van der Waals surface area (Å²) in [5, 5.41) is 9.83. The van der Waals surface area contributed by atoms with E-state index in [0.717, 1.165) is 17.9 Å². The standard InChI is InChI=1S/C18H26O/c1-3-5-14-7-9-15(10-8-14)16-11-12-18(19)17(13-16)6-4-2/h4,11-15,19H,2-3,5-10H2,1H3. The first-order valence-corrected chi connectivity index (χ1v) is 7.67. The van der Waals surface area contributed by atoms with Crippen LogP contribution in [0.25, 0.3) is 0 Å². The molecule has 0 aromatic heterocycles. The van der Waals surface area contributed by atoms with E-state index in [1.165, 1.54) is 44.1 Å². The van der Waals surface area contributed by atoms with Crippen molar-refractivity contribution in [1.82, 2.24) is 0 Å². The Morgan fingerprint density at radius 3 is 2.63 bits per heavy atom. The van der Waals surface area contributed by atoms with Gasteiger partial charge in [0.2, 0.25) is 0 Å². The topological polar surface area (TPSA) is 20.2 Å². The third-order valence-electron chi connectivity index (χ3n) is 4.48. The largest absolute Gasteiger partial charge is 0.508 e. The van der Waals surface area contributed by atoms with E-state index in [1.807, 2.05) is 12.1 Å². The molecule has 2 rings (SSSR count). The summed E-state index contributed by atoms with van der Waals surface area (Å²) in [5.41, 5.74) is 2.42. The van der Waals surface area contributed by atoms with Gasteiger partial charge in [-0.25, -0.2) is 0 Å². The van der Waals surface area contributed by atoms with Crippen LogP contribution in [0, 0.1) is 5.92 Å². The molecule has 1 saturated carbocycles. The fourth-order valence-corrected chi connectivity index (χ4v) is 3.37. The zero-order valence-electron chi connectivity index (χ0n) is 12.1. The van der Waals surface area contributed by atoms with Gasteiger partial charge in [0.25, 0.3) is 0 Å². The van der Waals surface area contributed by atoms with Crippen LogP contribution in [-0.4, -0.2) is 5.11 Å². The van der Waals surface area contributed by atoms with E-state index in [0.29, 0.717) is 11.7 Å². The van der Waals surface area contributed by atoms with E-state index in [-0.39, 0.29) is 0 Å². The smallest absolute Gasteiger partial charge is 0.119 e. The van der Waals surface area contributed by atoms with Gasteiger partial charge in [-0.2, -0.15) is 0 Å². The summed E-state index contributed by atoms with van der Waals surface area (Å²) in [6.07, 6.45) is 10.7. The zero-order chi connectivity index (χ0) is 13.7. The number of phenols is 1. The quantitative estimate of drug-likeness (QED) is 0.720. The van der Waals surface area contributed by atoms with Crippen LogP contribution >= 0.6 is 0 Å². The molecule has 1 aromatic rings. The molecule has 1 nitrogen and oxygen atoms in total. The van der Waals surface area contributed by atoms with Crippen molar-refractivity contribution in [2.24, 2.45) is 5.92 Å². The normalized spacial score (nSPS) is 23.2. The lowest BCUT2D eigenvalue weighted by atomic mass is 9.77. The monoisotopic (exact) mass is 258 g/mol. The Morgan fingerprint density at radius 2 is 2.00 bits per heavy atom. The number of rotatable bonds is 5. The minimum Gasteiger partial charge on any atom is -0.508 e. The Labute approximate surface area is 117 Å². The highest BCUT2D eigenvalue weighted by molar-refractivity contribution is 5.38. The molecule has 0 radical (unpaired) electrons. The van der Waals surface area contributed by atoms with Crippen LogP contribution < -0.4 is 0 Å². The van der Waals surface area contributed by atoms with Crippen molar-refractivity contribution < 1.29 is 5.11 Å². The van der Waals surface area contributed by atoms with E-state index >= 15 is 0 Å². The summed E-state index contributed by atoms with van der Waals surface area (Å²) >= 11 is 0. The average molecular weight is 258 g/mol. The maximum absolute atomic E-state index is 9.83. The lowest BCUT2D eigenvalue weighted by Gasteiger charge is -2.29. The van der Waals surface area contributed by atoms with E-state index < -0.39 is 0 Å². The predicted molar refractivity (Wildman–Crippen MR) is 81.6 cm³/mol. The zero-order valence-corrected chi connectivity index (χ0v) is 12.1. The summed E-state index contributed by atoms with van der Waals surface area (Å²) in [6, 6.07) is 6.14. The fraction of sp³-hybridized carbons (Fsp3) is 0.556. The minimum atomic E-state index is 0.406. The van der Waals surface area contributed by atoms with Crippen LogP contribution in [0.15, 0.2) is 30.9 Å². The number of phenolic OH excluding ortho intramolecular Hbond substituents is 1. The summed E-state index contributed by atoms with van der Waals surface area (Å²) in [7, 11) is 0. The van der Waals surface area contributed by atoms with Crippen LogP contribution in [0.3, 0.4) is 0 Å². The average Bonchev–Trinajstić information content (AvgIpc) is 2.43. The Hall–Kier alpha value is -1.24. The highest BCUT2D eigenvalue weighted by atomic mass is 16.3. The van der Waals surface area contributed by atoms with E-state index in [9.17, 15) is 5.11 Å². The number of hydrogen-bond donors (Lipinski definition) is 1.